The molecule has 11 rings (SSSR count). The van der Waals surface area contributed by atoms with Crippen LogP contribution < -0.4 is 4.90 Å². The Morgan fingerprint density at radius 2 is 1.35 bits per heavy atom. The molecule has 1 aliphatic heterocycles. The maximum absolute atomic E-state index is 5.76. The first-order valence-electron chi connectivity index (χ1n) is 21.8. The fraction of sp³-hybridized carbons (Fsp3) is 0.100. The van der Waals surface area contributed by atoms with Gasteiger partial charge in [-0.15, -0.1) is 25.3 Å². The molecule has 2 aliphatic carbocycles. The predicted molar refractivity (Wildman–Crippen MR) is 269 cm³/mol. The van der Waals surface area contributed by atoms with E-state index in [2.05, 4.69) is 213 Å². The Bertz CT molecular complexity index is 3140. The van der Waals surface area contributed by atoms with Crippen LogP contribution in [0.25, 0.3) is 44.7 Å². The Morgan fingerprint density at radius 3 is 2.11 bits per heavy atom. The number of thiol groups is 2. The standard InChI is InChI=1S/C60H45NS2/c1-39-20-15-17-30-47(39)58-40(2)56-49(32-19-33-53(56)60(43-24-9-4-10-25-43,44-26-11-5-12-27-44)45-28-13-6-14-29-45)57-52-36-42-23-16-18-31-48(42)51(52)38-55(59(57)63)61(58)54-35-34-46(62)37-50(54)41-21-7-3-8-22-41/h3-5,7-11,13,15-26,28-35,37-38,62-63H,12,27,36H2,1-2H3/b58-40-. The van der Waals surface area contributed by atoms with Crippen molar-refractivity contribution in [1.82, 2.24) is 0 Å². The third-order valence-electron chi connectivity index (χ3n) is 13.5. The van der Waals surface area contributed by atoms with Gasteiger partial charge in [0, 0.05) is 26.5 Å². The minimum Gasteiger partial charge on any atom is -0.308 e. The molecule has 0 amide bonds. The highest BCUT2D eigenvalue weighted by Crippen LogP contribution is 2.58. The number of hydrogen-bond acceptors (Lipinski definition) is 3. The van der Waals surface area contributed by atoms with Gasteiger partial charge in [0.05, 0.1) is 22.5 Å². The van der Waals surface area contributed by atoms with Gasteiger partial charge < -0.3 is 4.90 Å². The van der Waals surface area contributed by atoms with E-state index in [1.807, 2.05) is 6.07 Å². The fourth-order valence-electron chi connectivity index (χ4n) is 10.8. The molecule has 1 atom stereocenters. The van der Waals surface area contributed by atoms with Crippen LogP contribution in [0.3, 0.4) is 0 Å². The van der Waals surface area contributed by atoms with Crippen LogP contribution in [0.15, 0.2) is 203 Å². The molecule has 0 N–H and O–H groups in total. The summed E-state index contributed by atoms with van der Waals surface area (Å²) in [5.74, 6) is 0. The molecule has 0 fully saturated rings. The van der Waals surface area contributed by atoms with E-state index in [9.17, 15) is 0 Å². The molecular formula is C60H45NS2. The van der Waals surface area contributed by atoms with Gasteiger partial charge in [0.2, 0.25) is 0 Å². The molecule has 63 heavy (non-hydrogen) atoms. The molecule has 1 unspecified atom stereocenters. The van der Waals surface area contributed by atoms with Gasteiger partial charge in [-0.25, -0.2) is 0 Å². The maximum Gasteiger partial charge on any atom is 0.0677 e. The highest BCUT2D eigenvalue weighted by Gasteiger charge is 2.44. The summed E-state index contributed by atoms with van der Waals surface area (Å²) in [6.45, 7) is 4.60. The second-order valence-corrected chi connectivity index (χ2v) is 17.9. The minimum absolute atomic E-state index is 0.672. The molecule has 0 radical (unpaired) electrons. The molecule has 2 bridgehead atoms. The lowest BCUT2D eigenvalue weighted by Gasteiger charge is -2.42. The lowest BCUT2D eigenvalue weighted by molar-refractivity contribution is 0.675. The number of anilines is 2. The summed E-state index contributed by atoms with van der Waals surface area (Å²) in [6, 6.07) is 68.8. The van der Waals surface area contributed by atoms with Crippen LogP contribution in [0.1, 0.15) is 64.3 Å². The van der Waals surface area contributed by atoms with Crippen molar-refractivity contribution in [2.24, 2.45) is 0 Å². The van der Waals surface area contributed by atoms with Crippen molar-refractivity contribution in [2.75, 3.05) is 4.90 Å². The summed E-state index contributed by atoms with van der Waals surface area (Å²) in [5, 5.41) is 0. The maximum atomic E-state index is 5.76. The Hall–Kier alpha value is -6.70. The van der Waals surface area contributed by atoms with Gasteiger partial charge >= 0.3 is 0 Å². The third kappa shape index (κ3) is 6.27. The smallest absolute Gasteiger partial charge is 0.0677 e. The molecule has 3 heteroatoms. The van der Waals surface area contributed by atoms with Crippen molar-refractivity contribution in [3.05, 3.63) is 250 Å². The molecule has 8 aromatic rings. The first kappa shape index (κ1) is 39.2. The molecule has 0 aromatic heterocycles. The van der Waals surface area contributed by atoms with Crippen LogP contribution in [0.4, 0.5) is 11.4 Å². The van der Waals surface area contributed by atoms with Gasteiger partial charge in [0.1, 0.15) is 0 Å². The summed E-state index contributed by atoms with van der Waals surface area (Å²) in [6.07, 6.45) is 9.63. The topological polar surface area (TPSA) is 3.24 Å². The van der Waals surface area contributed by atoms with Gasteiger partial charge in [-0.05, 0) is 142 Å². The van der Waals surface area contributed by atoms with Crippen molar-refractivity contribution < 1.29 is 0 Å². The zero-order valence-electron chi connectivity index (χ0n) is 35.4. The molecule has 3 aliphatic rings. The Morgan fingerprint density at radius 1 is 0.603 bits per heavy atom. The van der Waals surface area contributed by atoms with E-state index in [0.717, 1.165) is 62.8 Å². The zero-order chi connectivity index (χ0) is 42.7. The van der Waals surface area contributed by atoms with Crippen molar-refractivity contribution in [3.63, 3.8) is 0 Å². The van der Waals surface area contributed by atoms with E-state index in [-0.39, 0.29) is 0 Å². The largest absolute Gasteiger partial charge is 0.308 e. The van der Waals surface area contributed by atoms with Gasteiger partial charge in [-0.2, -0.15) is 0 Å². The number of allylic oxidation sites excluding steroid dienone is 5. The molecule has 0 spiro atoms. The second-order valence-electron chi connectivity index (χ2n) is 16.9. The summed E-state index contributed by atoms with van der Waals surface area (Å²) in [5.41, 5.74) is 22.1. The van der Waals surface area contributed by atoms with E-state index < -0.39 is 5.41 Å². The summed E-state index contributed by atoms with van der Waals surface area (Å²) < 4.78 is 0. The highest BCUT2D eigenvalue weighted by molar-refractivity contribution is 7.80. The highest BCUT2D eigenvalue weighted by atomic mass is 32.1. The SMILES string of the molecule is C/C1=C(\c2ccccc2C)N(c2ccc(S)cc2-c2ccccc2)c2cc3c(c(c2S)-c2cccc(C(C4=CC=CCC4)(c4cc#ccc4)c4ccccc4)c21)Cc1ccccc1-3. The van der Waals surface area contributed by atoms with Gasteiger partial charge in [0.25, 0.3) is 0 Å². The van der Waals surface area contributed by atoms with E-state index in [1.54, 1.807) is 0 Å². The molecule has 1 nitrogen and oxygen atoms in total. The average Bonchev–Trinajstić information content (AvgIpc) is 3.70. The molecular weight excluding hydrogens is 799 g/mol. The quantitative estimate of drug-likeness (QED) is 0.151. The Kier molecular flexibility index (Phi) is 9.88. The van der Waals surface area contributed by atoms with E-state index >= 15 is 0 Å². The first-order chi connectivity index (χ1) is 30.9. The predicted octanol–water partition coefficient (Wildman–Crippen LogP) is 15.7. The van der Waals surface area contributed by atoms with Gasteiger partial charge in [0.15, 0.2) is 0 Å². The van der Waals surface area contributed by atoms with Crippen molar-refractivity contribution >= 4 is 47.9 Å². The molecule has 0 saturated heterocycles. The number of fused-ring (bicyclic) bond motifs is 8. The van der Waals surface area contributed by atoms with Crippen LogP contribution in [0, 0.1) is 19.1 Å². The monoisotopic (exact) mass is 843 g/mol. The summed E-state index contributed by atoms with van der Waals surface area (Å²) >= 11 is 10.7. The van der Waals surface area contributed by atoms with Crippen molar-refractivity contribution in [3.8, 4) is 33.4 Å². The lowest BCUT2D eigenvalue weighted by Crippen LogP contribution is -2.34. The average molecular weight is 844 g/mol. The second kappa shape index (κ2) is 15.9. The van der Waals surface area contributed by atoms with Crippen molar-refractivity contribution in [1.29, 1.82) is 0 Å². The molecule has 302 valence electrons. The lowest BCUT2D eigenvalue weighted by atomic mass is 9.61. The molecule has 0 saturated carbocycles. The number of nitrogens with zero attached hydrogens (tertiary/aromatic N) is 1. The Labute approximate surface area is 382 Å². The molecule has 1 heterocycles. The van der Waals surface area contributed by atoms with Crippen molar-refractivity contribution in [2.45, 2.75) is 48.3 Å². The van der Waals surface area contributed by atoms with Gasteiger partial charge in [-0.3, -0.25) is 0 Å². The number of hydrogen-bond donors (Lipinski definition) is 2. The summed E-state index contributed by atoms with van der Waals surface area (Å²) in [7, 11) is 0. The van der Waals surface area contributed by atoms with E-state index in [4.69, 9.17) is 25.3 Å². The zero-order valence-corrected chi connectivity index (χ0v) is 37.1. The number of aryl methyl sites for hydroxylation is 1. The van der Waals surface area contributed by atoms with Crippen LogP contribution in [-0.2, 0) is 11.8 Å². The fourth-order valence-corrected chi connectivity index (χ4v) is 11.4. The van der Waals surface area contributed by atoms with E-state index in [0.29, 0.717) is 0 Å². The number of benzene rings is 7. The molecule has 8 aromatic carbocycles. The normalized spacial score (nSPS) is 15.1. The first-order valence-corrected chi connectivity index (χ1v) is 22.7. The van der Waals surface area contributed by atoms with Crippen LogP contribution in [-0.4, -0.2) is 0 Å². The minimum atomic E-state index is -0.672. The van der Waals surface area contributed by atoms with E-state index in [1.165, 1.54) is 72.3 Å². The van der Waals surface area contributed by atoms with Crippen LogP contribution >= 0.6 is 25.3 Å². The van der Waals surface area contributed by atoms with Crippen LogP contribution in [0.2, 0.25) is 0 Å². The summed E-state index contributed by atoms with van der Waals surface area (Å²) in [4.78, 5) is 4.39. The van der Waals surface area contributed by atoms with Crippen LogP contribution in [0.5, 0.6) is 0 Å². The third-order valence-corrected chi connectivity index (χ3v) is 14.2. The Balaban J connectivity index is 1.37. The number of rotatable bonds is 7. The van der Waals surface area contributed by atoms with Gasteiger partial charge in [-0.1, -0.05) is 163 Å².